The van der Waals surface area contributed by atoms with Gasteiger partial charge in [-0.1, -0.05) is 6.07 Å². The topological polar surface area (TPSA) is 43.8 Å². The van der Waals surface area contributed by atoms with Gasteiger partial charge in [-0.2, -0.15) is 0 Å². The molecule has 0 saturated carbocycles. The Bertz CT molecular complexity index is 435. The highest BCUT2D eigenvalue weighted by Crippen LogP contribution is 2.23. The highest BCUT2D eigenvalue weighted by atomic mass is 19.1. The Kier molecular flexibility index (Phi) is 5.76. The number of aromatic carboxylic acids is 1. The monoisotopic (exact) mass is 268 g/mol. The molecule has 0 aliphatic rings. The fraction of sp³-hybridized carbons (Fsp3) is 0.500. The molecule has 0 spiro atoms. The summed E-state index contributed by atoms with van der Waals surface area (Å²) in [5.41, 5.74) is 0.211. The fourth-order valence-corrected chi connectivity index (χ4v) is 2.01. The van der Waals surface area contributed by atoms with Gasteiger partial charge in [-0.3, -0.25) is 0 Å². The van der Waals surface area contributed by atoms with Crippen LogP contribution in [0.1, 0.15) is 23.7 Å². The minimum atomic E-state index is -1.22. The van der Waals surface area contributed by atoms with Gasteiger partial charge in [-0.05, 0) is 46.1 Å². The summed E-state index contributed by atoms with van der Waals surface area (Å²) in [6.45, 7) is 4.20. The Balaban J connectivity index is 2.92. The van der Waals surface area contributed by atoms with Crippen molar-refractivity contribution in [1.82, 2.24) is 4.90 Å². The van der Waals surface area contributed by atoms with Crippen molar-refractivity contribution < 1.29 is 14.3 Å². The number of rotatable bonds is 7. The van der Waals surface area contributed by atoms with E-state index in [1.807, 2.05) is 25.9 Å². The maximum atomic E-state index is 13.6. The standard InChI is InChI=1S/C14H21FN2O2/c1-4-17(10-6-9-16(2)3)12-8-5-7-11(15)13(12)14(18)19/h5,7-8H,4,6,9-10H2,1-3H3,(H,18,19). The lowest BCUT2D eigenvalue weighted by atomic mass is 10.1. The van der Waals surface area contributed by atoms with Gasteiger partial charge < -0.3 is 14.9 Å². The first-order valence-corrected chi connectivity index (χ1v) is 6.38. The summed E-state index contributed by atoms with van der Waals surface area (Å²) >= 11 is 0. The van der Waals surface area contributed by atoms with Crippen molar-refractivity contribution in [3.8, 4) is 0 Å². The van der Waals surface area contributed by atoms with Crippen molar-refractivity contribution in [1.29, 1.82) is 0 Å². The van der Waals surface area contributed by atoms with Gasteiger partial charge in [-0.25, -0.2) is 9.18 Å². The highest BCUT2D eigenvalue weighted by molar-refractivity contribution is 5.94. The molecule has 0 aliphatic carbocycles. The second-order valence-electron chi connectivity index (χ2n) is 4.68. The minimum Gasteiger partial charge on any atom is -0.478 e. The molecule has 0 amide bonds. The summed E-state index contributed by atoms with van der Waals surface area (Å²) in [6, 6.07) is 4.39. The Hall–Kier alpha value is -1.62. The van der Waals surface area contributed by atoms with Gasteiger partial charge in [0.25, 0.3) is 0 Å². The van der Waals surface area contributed by atoms with E-state index in [9.17, 15) is 9.18 Å². The molecule has 0 aliphatic heterocycles. The molecule has 106 valence electrons. The smallest absolute Gasteiger partial charge is 0.340 e. The number of hydrogen-bond donors (Lipinski definition) is 1. The largest absolute Gasteiger partial charge is 0.478 e. The third kappa shape index (κ3) is 4.21. The molecule has 0 unspecified atom stereocenters. The molecule has 1 aromatic rings. The number of hydrogen-bond acceptors (Lipinski definition) is 3. The number of carboxylic acid groups (broad SMARTS) is 1. The Morgan fingerprint density at radius 2 is 2.00 bits per heavy atom. The predicted octanol–water partition coefficient (Wildman–Crippen LogP) is 2.30. The molecular formula is C14H21FN2O2. The van der Waals surface area contributed by atoms with Gasteiger partial charge in [0.15, 0.2) is 0 Å². The quantitative estimate of drug-likeness (QED) is 0.824. The van der Waals surface area contributed by atoms with E-state index in [2.05, 4.69) is 4.90 Å². The average molecular weight is 268 g/mol. The van der Waals surface area contributed by atoms with E-state index in [0.717, 1.165) is 13.0 Å². The lowest BCUT2D eigenvalue weighted by Gasteiger charge is -2.25. The Labute approximate surface area is 113 Å². The maximum absolute atomic E-state index is 13.6. The van der Waals surface area contributed by atoms with Crippen molar-refractivity contribution in [2.24, 2.45) is 0 Å². The average Bonchev–Trinajstić information content (AvgIpc) is 2.33. The van der Waals surface area contributed by atoms with Crippen molar-refractivity contribution in [2.45, 2.75) is 13.3 Å². The number of carbonyl (C=O) groups is 1. The summed E-state index contributed by atoms with van der Waals surface area (Å²) in [6.07, 6.45) is 0.899. The van der Waals surface area contributed by atoms with Crippen LogP contribution >= 0.6 is 0 Å². The van der Waals surface area contributed by atoms with Crippen LogP contribution < -0.4 is 4.90 Å². The van der Waals surface area contributed by atoms with Gasteiger partial charge in [0.2, 0.25) is 0 Å². The van der Waals surface area contributed by atoms with Crippen LogP contribution in [0.25, 0.3) is 0 Å². The number of anilines is 1. The summed E-state index contributed by atoms with van der Waals surface area (Å²) in [4.78, 5) is 15.1. The van der Waals surface area contributed by atoms with Crippen LogP contribution in [0, 0.1) is 5.82 Å². The zero-order valence-electron chi connectivity index (χ0n) is 11.7. The Morgan fingerprint density at radius 3 is 2.53 bits per heavy atom. The summed E-state index contributed by atoms with van der Waals surface area (Å²) in [5.74, 6) is -1.91. The molecule has 1 aromatic carbocycles. The first kappa shape index (κ1) is 15.4. The number of halogens is 1. The van der Waals surface area contributed by atoms with Crippen molar-refractivity contribution in [3.05, 3.63) is 29.6 Å². The summed E-state index contributed by atoms with van der Waals surface area (Å²) in [5, 5.41) is 9.13. The zero-order chi connectivity index (χ0) is 14.4. The molecule has 1 N–H and O–H groups in total. The Morgan fingerprint density at radius 1 is 1.32 bits per heavy atom. The third-order valence-corrected chi connectivity index (χ3v) is 2.96. The maximum Gasteiger partial charge on any atom is 0.340 e. The molecule has 19 heavy (non-hydrogen) atoms. The van der Waals surface area contributed by atoms with Gasteiger partial charge in [-0.15, -0.1) is 0 Å². The lowest BCUT2D eigenvalue weighted by molar-refractivity contribution is 0.0692. The minimum absolute atomic E-state index is 0.241. The lowest BCUT2D eigenvalue weighted by Crippen LogP contribution is -2.28. The third-order valence-electron chi connectivity index (χ3n) is 2.96. The molecule has 0 bridgehead atoms. The van der Waals surface area contributed by atoms with Crippen LogP contribution in [-0.2, 0) is 0 Å². The van der Waals surface area contributed by atoms with E-state index >= 15 is 0 Å². The second-order valence-corrected chi connectivity index (χ2v) is 4.68. The van der Waals surface area contributed by atoms with E-state index in [0.29, 0.717) is 18.8 Å². The molecule has 0 heterocycles. The van der Waals surface area contributed by atoms with Crippen LogP contribution in [0.15, 0.2) is 18.2 Å². The second kappa shape index (κ2) is 7.09. The van der Waals surface area contributed by atoms with E-state index in [1.54, 1.807) is 12.1 Å². The molecule has 4 nitrogen and oxygen atoms in total. The molecule has 0 atom stereocenters. The fourth-order valence-electron chi connectivity index (χ4n) is 2.01. The van der Waals surface area contributed by atoms with E-state index in [1.165, 1.54) is 6.07 Å². The number of carboxylic acids is 1. The molecule has 5 heteroatoms. The van der Waals surface area contributed by atoms with Crippen LogP contribution in [0.5, 0.6) is 0 Å². The van der Waals surface area contributed by atoms with E-state index in [4.69, 9.17) is 5.11 Å². The van der Waals surface area contributed by atoms with Crippen LogP contribution in [0.4, 0.5) is 10.1 Å². The molecular weight excluding hydrogens is 247 g/mol. The molecule has 1 rings (SSSR count). The number of nitrogens with zero attached hydrogens (tertiary/aromatic N) is 2. The predicted molar refractivity (Wildman–Crippen MR) is 74.4 cm³/mol. The first-order valence-electron chi connectivity index (χ1n) is 6.38. The molecule has 0 aromatic heterocycles. The molecule has 0 radical (unpaired) electrons. The van der Waals surface area contributed by atoms with Crippen LogP contribution in [0.3, 0.4) is 0 Å². The van der Waals surface area contributed by atoms with Crippen LogP contribution in [-0.4, -0.2) is 49.7 Å². The van der Waals surface area contributed by atoms with Crippen LogP contribution in [0.2, 0.25) is 0 Å². The van der Waals surface area contributed by atoms with Gasteiger partial charge >= 0.3 is 5.97 Å². The van der Waals surface area contributed by atoms with Gasteiger partial charge in [0, 0.05) is 13.1 Å². The van der Waals surface area contributed by atoms with Gasteiger partial charge in [0.05, 0.1) is 5.69 Å². The SMILES string of the molecule is CCN(CCCN(C)C)c1cccc(F)c1C(=O)O. The van der Waals surface area contributed by atoms with E-state index < -0.39 is 11.8 Å². The molecule has 0 saturated heterocycles. The summed E-state index contributed by atoms with van der Waals surface area (Å²) in [7, 11) is 3.97. The van der Waals surface area contributed by atoms with Gasteiger partial charge in [0.1, 0.15) is 11.4 Å². The molecule has 0 fully saturated rings. The normalized spacial score (nSPS) is 10.8. The van der Waals surface area contributed by atoms with E-state index in [-0.39, 0.29) is 5.56 Å². The van der Waals surface area contributed by atoms with Crippen molar-refractivity contribution in [2.75, 3.05) is 38.6 Å². The van der Waals surface area contributed by atoms with Crippen molar-refractivity contribution >= 4 is 11.7 Å². The van der Waals surface area contributed by atoms with Crippen molar-refractivity contribution in [3.63, 3.8) is 0 Å². The summed E-state index contributed by atoms with van der Waals surface area (Å²) < 4.78 is 13.6. The number of benzene rings is 1. The zero-order valence-corrected chi connectivity index (χ0v) is 11.7. The first-order chi connectivity index (χ1) is 8.97. The highest BCUT2D eigenvalue weighted by Gasteiger charge is 2.19.